The van der Waals surface area contributed by atoms with Crippen LogP contribution in [-0.2, 0) is 11.2 Å². The second kappa shape index (κ2) is 9.45. The molecule has 2 heterocycles. The van der Waals surface area contributed by atoms with E-state index in [1.54, 1.807) is 24.5 Å². The lowest BCUT2D eigenvalue weighted by Crippen LogP contribution is -2.47. The third-order valence-electron chi connectivity index (χ3n) is 4.64. The van der Waals surface area contributed by atoms with Crippen molar-refractivity contribution in [1.82, 2.24) is 15.2 Å². The molecule has 0 spiro atoms. The van der Waals surface area contributed by atoms with Crippen LogP contribution in [0.15, 0.2) is 54.9 Å². The van der Waals surface area contributed by atoms with Crippen molar-refractivity contribution in [1.29, 1.82) is 0 Å². The van der Waals surface area contributed by atoms with Gasteiger partial charge in [-0.1, -0.05) is 30.3 Å². The Bertz CT molecular complexity index is 714. The van der Waals surface area contributed by atoms with Gasteiger partial charge in [-0.3, -0.25) is 4.98 Å². The molecular weight excluding hydrogens is 344 g/mol. The summed E-state index contributed by atoms with van der Waals surface area (Å²) < 4.78 is 5.71. The highest BCUT2D eigenvalue weighted by Gasteiger charge is 2.37. The smallest absolute Gasteiger partial charge is 0.319 e. The maximum atomic E-state index is 12.1. The van der Waals surface area contributed by atoms with Gasteiger partial charge in [-0.2, -0.15) is 0 Å². The van der Waals surface area contributed by atoms with E-state index in [2.05, 4.69) is 32.7 Å². The minimum atomic E-state index is -0.746. The van der Waals surface area contributed by atoms with E-state index in [1.807, 2.05) is 25.2 Å². The Hall–Kier alpha value is -2.48. The lowest BCUT2D eigenvalue weighted by Gasteiger charge is -2.24. The first kappa shape index (κ1) is 19.3. The second-order valence-electron chi connectivity index (χ2n) is 6.81. The third-order valence-corrected chi connectivity index (χ3v) is 4.64. The van der Waals surface area contributed by atoms with Crippen molar-refractivity contribution in [2.75, 3.05) is 32.1 Å². The van der Waals surface area contributed by atoms with Crippen LogP contribution in [0.25, 0.3) is 0 Å². The molecule has 3 unspecified atom stereocenters. The fourth-order valence-corrected chi connectivity index (χ4v) is 3.11. The van der Waals surface area contributed by atoms with Gasteiger partial charge in [0.2, 0.25) is 0 Å². The number of hydrogen-bond donors (Lipinski definition) is 3. The molecule has 0 saturated carbocycles. The Kier molecular flexibility index (Phi) is 6.75. The molecule has 1 aromatic heterocycles. The number of carbonyl (C=O) groups excluding carboxylic acids is 1. The van der Waals surface area contributed by atoms with Gasteiger partial charge in [0, 0.05) is 19.3 Å². The number of urea groups is 1. The summed E-state index contributed by atoms with van der Waals surface area (Å²) in [5.74, 6) is 0. The summed E-state index contributed by atoms with van der Waals surface area (Å²) in [4.78, 5) is 18.2. The number of hydrogen-bond acceptors (Lipinski definition) is 5. The van der Waals surface area contributed by atoms with E-state index in [4.69, 9.17) is 4.74 Å². The first-order chi connectivity index (χ1) is 13.1. The van der Waals surface area contributed by atoms with E-state index in [1.165, 1.54) is 5.56 Å². The summed E-state index contributed by atoms with van der Waals surface area (Å²) in [6.45, 7) is 1.77. The molecular formula is C20H26N4O3. The zero-order valence-electron chi connectivity index (χ0n) is 15.4. The molecule has 1 aliphatic heterocycles. The summed E-state index contributed by atoms with van der Waals surface area (Å²) >= 11 is 0. The van der Waals surface area contributed by atoms with E-state index in [-0.39, 0.29) is 12.1 Å². The number of nitrogens with one attached hydrogen (secondary N) is 2. The van der Waals surface area contributed by atoms with Gasteiger partial charge in [0.15, 0.2) is 0 Å². The molecule has 27 heavy (non-hydrogen) atoms. The average molecular weight is 370 g/mol. The zero-order chi connectivity index (χ0) is 19.1. The van der Waals surface area contributed by atoms with Crippen LogP contribution in [0.2, 0.25) is 0 Å². The van der Waals surface area contributed by atoms with Crippen molar-refractivity contribution in [3.63, 3.8) is 0 Å². The number of likely N-dealkylation sites (N-methyl/N-ethyl adjacent to an activating group) is 1. The van der Waals surface area contributed by atoms with Crippen LogP contribution >= 0.6 is 0 Å². The van der Waals surface area contributed by atoms with Crippen molar-refractivity contribution in [3.8, 4) is 0 Å². The van der Waals surface area contributed by atoms with Crippen LogP contribution in [0.4, 0.5) is 10.5 Å². The predicted octanol–water partition coefficient (Wildman–Crippen LogP) is 1.51. The summed E-state index contributed by atoms with van der Waals surface area (Å²) in [6.07, 6.45) is 3.07. The molecule has 1 aliphatic rings. The van der Waals surface area contributed by atoms with Crippen LogP contribution in [0, 0.1) is 0 Å². The van der Waals surface area contributed by atoms with E-state index in [9.17, 15) is 9.90 Å². The molecule has 7 heteroatoms. The molecule has 0 bridgehead atoms. The van der Waals surface area contributed by atoms with Crippen LogP contribution in [-0.4, -0.2) is 66.0 Å². The van der Waals surface area contributed by atoms with Crippen LogP contribution in [0.1, 0.15) is 5.56 Å². The number of anilines is 1. The highest BCUT2D eigenvalue weighted by molar-refractivity contribution is 5.89. The van der Waals surface area contributed by atoms with E-state index in [0.29, 0.717) is 18.8 Å². The molecule has 3 atom stereocenters. The van der Waals surface area contributed by atoms with Crippen molar-refractivity contribution >= 4 is 11.7 Å². The summed E-state index contributed by atoms with van der Waals surface area (Å²) in [7, 11) is 2.01. The number of rotatable bonds is 7. The van der Waals surface area contributed by atoms with Crippen molar-refractivity contribution < 1.29 is 14.6 Å². The van der Waals surface area contributed by atoms with Crippen molar-refractivity contribution in [2.45, 2.75) is 24.7 Å². The Morgan fingerprint density at radius 1 is 1.30 bits per heavy atom. The van der Waals surface area contributed by atoms with Gasteiger partial charge >= 0.3 is 6.03 Å². The Morgan fingerprint density at radius 2 is 2.11 bits per heavy atom. The fraction of sp³-hybridized carbons (Fsp3) is 0.400. The molecule has 2 amide bonds. The lowest BCUT2D eigenvalue weighted by atomic mass is 10.1. The molecule has 0 radical (unpaired) electrons. The minimum absolute atomic E-state index is 0.290. The number of carbonyl (C=O) groups is 1. The highest BCUT2D eigenvalue weighted by Crippen LogP contribution is 2.16. The monoisotopic (exact) mass is 370 g/mol. The summed E-state index contributed by atoms with van der Waals surface area (Å²) in [5, 5.41) is 16.0. The maximum absolute atomic E-state index is 12.1. The largest absolute Gasteiger partial charge is 0.388 e. The topological polar surface area (TPSA) is 86.7 Å². The lowest BCUT2D eigenvalue weighted by molar-refractivity contribution is 0.0205. The number of aliphatic hydroxyl groups excluding tert-OH is 1. The Morgan fingerprint density at radius 3 is 2.85 bits per heavy atom. The number of benzene rings is 1. The molecule has 1 saturated heterocycles. The molecule has 2 aromatic rings. The van der Waals surface area contributed by atoms with Gasteiger partial charge in [-0.15, -0.1) is 0 Å². The maximum Gasteiger partial charge on any atom is 0.319 e. The Balaban J connectivity index is 1.42. The highest BCUT2D eigenvalue weighted by atomic mass is 16.5. The van der Waals surface area contributed by atoms with Gasteiger partial charge in [0.05, 0.1) is 30.6 Å². The standard InChI is InChI=1S/C20H26N4O3/c1-24(11-9-15-6-3-2-4-7-15)13-18-19(25)17(14-27-18)23-20(26)22-16-8-5-10-21-12-16/h2-8,10,12,17-19,25H,9,11,13-14H2,1H3,(H2,22,23,26). The van der Waals surface area contributed by atoms with E-state index in [0.717, 1.165) is 13.0 Å². The quantitative estimate of drug-likeness (QED) is 0.688. The number of pyridine rings is 1. The van der Waals surface area contributed by atoms with E-state index < -0.39 is 12.1 Å². The van der Waals surface area contributed by atoms with Crippen molar-refractivity contribution in [2.24, 2.45) is 0 Å². The molecule has 1 aromatic carbocycles. The average Bonchev–Trinajstić information content (AvgIpc) is 3.01. The van der Waals surface area contributed by atoms with Crippen LogP contribution in [0.5, 0.6) is 0 Å². The first-order valence-electron chi connectivity index (χ1n) is 9.11. The molecule has 144 valence electrons. The molecule has 7 nitrogen and oxygen atoms in total. The number of aromatic nitrogens is 1. The minimum Gasteiger partial charge on any atom is -0.388 e. The van der Waals surface area contributed by atoms with Gasteiger partial charge in [-0.05, 0) is 31.2 Å². The van der Waals surface area contributed by atoms with Crippen molar-refractivity contribution in [3.05, 3.63) is 60.4 Å². The molecule has 0 aliphatic carbocycles. The molecule has 3 rings (SSSR count). The SMILES string of the molecule is CN(CCc1ccccc1)CC1OCC(NC(=O)Nc2cccnc2)C1O. The number of ether oxygens (including phenoxy) is 1. The summed E-state index contributed by atoms with van der Waals surface area (Å²) in [5.41, 5.74) is 1.88. The van der Waals surface area contributed by atoms with Crippen LogP contribution < -0.4 is 10.6 Å². The molecule has 3 N–H and O–H groups in total. The van der Waals surface area contributed by atoms with Gasteiger partial charge in [0.25, 0.3) is 0 Å². The fourth-order valence-electron chi connectivity index (χ4n) is 3.11. The number of nitrogens with zero attached hydrogens (tertiary/aromatic N) is 2. The Labute approximate surface area is 159 Å². The molecule has 1 fully saturated rings. The van der Waals surface area contributed by atoms with Crippen LogP contribution in [0.3, 0.4) is 0 Å². The zero-order valence-corrected chi connectivity index (χ0v) is 15.4. The summed E-state index contributed by atoms with van der Waals surface area (Å²) in [6, 6.07) is 13.0. The second-order valence-corrected chi connectivity index (χ2v) is 6.81. The third kappa shape index (κ3) is 5.75. The normalized spacial score (nSPS) is 22.0. The predicted molar refractivity (Wildman–Crippen MR) is 104 cm³/mol. The number of aliphatic hydroxyl groups is 1. The number of amides is 2. The van der Waals surface area contributed by atoms with Gasteiger partial charge in [-0.25, -0.2) is 4.79 Å². The van der Waals surface area contributed by atoms with Gasteiger partial charge < -0.3 is 25.4 Å². The first-order valence-corrected chi connectivity index (χ1v) is 9.11. The van der Waals surface area contributed by atoms with Gasteiger partial charge in [0.1, 0.15) is 6.10 Å². The van der Waals surface area contributed by atoms with E-state index >= 15 is 0 Å².